The number of hydrogen-bond acceptors (Lipinski definition) is 23. The maximum absolute atomic E-state index is 13.4. The van der Waals surface area contributed by atoms with Crippen molar-refractivity contribution in [3.8, 4) is 44.5 Å². The van der Waals surface area contributed by atoms with Crippen LogP contribution in [0.1, 0.15) is 134 Å². The molecule has 20 rings (SSSR count). The number of furan rings is 1. The molecule has 1 fully saturated rings. The molecule has 1 saturated carbocycles. The summed E-state index contributed by atoms with van der Waals surface area (Å²) in [6, 6.07) is 61.3. The summed E-state index contributed by atoms with van der Waals surface area (Å²) in [4.78, 5) is 82.0. The minimum atomic E-state index is -0.493. The van der Waals surface area contributed by atoms with Gasteiger partial charge in [-0.3, -0.25) is 0 Å². The molecule has 1 aromatic carbocycles. The van der Waals surface area contributed by atoms with Crippen molar-refractivity contribution in [1.82, 2.24) is 73.0 Å². The lowest BCUT2D eigenvalue weighted by atomic mass is 9.97. The highest BCUT2D eigenvalue weighted by molar-refractivity contribution is 7.13. The van der Waals surface area contributed by atoms with Crippen LogP contribution in [-0.2, 0) is 61.2 Å². The molecule has 34 heteroatoms. The first-order valence-electron chi connectivity index (χ1n) is 40.4. The number of thiophene rings is 2. The Bertz CT molecular complexity index is 7030. The number of benzene rings is 1. The van der Waals surface area contributed by atoms with Gasteiger partial charge in [0, 0.05) is 141 Å². The molecule has 0 saturated heterocycles. The van der Waals surface area contributed by atoms with Crippen molar-refractivity contribution in [2.24, 2.45) is 0 Å². The average Bonchev–Trinajstić information content (AvgIpc) is 1.58. The molecule has 0 aliphatic heterocycles. The summed E-state index contributed by atoms with van der Waals surface area (Å²) in [6.45, 7) is 2.23. The van der Waals surface area contributed by atoms with E-state index in [4.69, 9.17) is 101 Å². The van der Waals surface area contributed by atoms with Crippen molar-refractivity contribution in [3.63, 3.8) is 0 Å². The van der Waals surface area contributed by atoms with E-state index in [-0.39, 0.29) is 22.6 Å². The minimum Gasteiger partial charge on any atom is -0.464 e. The lowest BCUT2D eigenvalue weighted by molar-refractivity contribution is 0.0585. The quantitative estimate of drug-likeness (QED) is 0.0506. The van der Waals surface area contributed by atoms with Crippen molar-refractivity contribution in [2.75, 3.05) is 35.5 Å². The van der Waals surface area contributed by atoms with Crippen LogP contribution in [0.3, 0.4) is 0 Å². The summed E-state index contributed by atoms with van der Waals surface area (Å²) in [7, 11) is 6.71. The Morgan fingerprint density at radius 2 is 0.702 bits per heavy atom. The van der Waals surface area contributed by atoms with Gasteiger partial charge >= 0.3 is 29.8 Å². The first-order valence-corrected chi connectivity index (χ1v) is 44.1. The molecule has 26 nitrogen and oxygen atoms in total. The standard InChI is InChI=1S/C21H15ClFN3O2.C19H14ClN3O3.2C19H14ClN3O2S.C19H18ClN3O2/c1-28-21(27)18-4-2-3-16(24-18)11-17-19-10-7-14(22)12-26(19)25-20(17)13-5-8-15(23)9-6-13;2*1-25-19(24)15-5-2-4-13(21-15)10-14-16-8-7-12(20)11-23(16)22-18(14)17-6-3-9-26-17;1-25-19(24)16-4-2-3-14(21-16)9-15-17-6-5-13(20)10-23(17)22-18(15)12-7-8-26-11-12;1-19(8-9-19)17-14(16-7-6-12(20)11-23(16)22-17)10-13-4-3-5-15(21-13)18(24)25-2/h2-10,12H,11H2,1H3;2*2-9,11H,10H2,1H3;2-8,10-11H,9H2,1H3;3-7,11H,8-10H2,1-2H3. The summed E-state index contributed by atoms with van der Waals surface area (Å²) in [6.07, 6.45) is 15.3. The van der Waals surface area contributed by atoms with Gasteiger partial charge in [0.1, 0.15) is 45.7 Å². The van der Waals surface area contributed by atoms with Gasteiger partial charge in [-0.1, -0.05) is 101 Å². The maximum atomic E-state index is 13.4. The highest BCUT2D eigenvalue weighted by Crippen LogP contribution is 2.49. The van der Waals surface area contributed by atoms with E-state index in [2.05, 4.69) is 47.4 Å². The average molecular weight is 1890 g/mol. The van der Waals surface area contributed by atoms with Gasteiger partial charge in [-0.15, -0.1) is 11.3 Å². The topological polar surface area (TPSA) is 296 Å². The zero-order valence-electron chi connectivity index (χ0n) is 70.6. The summed E-state index contributed by atoms with van der Waals surface area (Å²) >= 11 is 33.8. The first-order chi connectivity index (χ1) is 63.5. The molecular weight excluding hydrogens is 1810 g/mol. The molecule has 1 aliphatic carbocycles. The summed E-state index contributed by atoms with van der Waals surface area (Å²) in [5, 5.41) is 32.6. The fourth-order valence-electron chi connectivity index (χ4n) is 14.7. The van der Waals surface area contributed by atoms with Gasteiger partial charge in [-0.25, -0.2) is 75.9 Å². The summed E-state index contributed by atoms with van der Waals surface area (Å²) < 4.78 is 51.5. The minimum absolute atomic E-state index is 0.119. The molecule has 18 heterocycles. The number of esters is 5. The number of carbonyl (C=O) groups excluding carboxylic acids is 5. The van der Waals surface area contributed by atoms with Crippen LogP contribution in [0.25, 0.3) is 72.1 Å². The molecule has 658 valence electrons. The van der Waals surface area contributed by atoms with E-state index >= 15 is 0 Å². The number of carbonyl (C=O) groups is 5. The van der Waals surface area contributed by atoms with E-state index in [1.54, 1.807) is 139 Å². The smallest absolute Gasteiger partial charge is 0.356 e. The Hall–Kier alpha value is -14.2. The Labute approximate surface area is 780 Å². The number of fused-ring (bicyclic) bond motifs is 5. The van der Waals surface area contributed by atoms with Crippen LogP contribution in [0.4, 0.5) is 4.39 Å². The highest BCUT2D eigenvalue weighted by Gasteiger charge is 2.44. The van der Waals surface area contributed by atoms with Crippen LogP contribution in [0.15, 0.2) is 264 Å². The lowest BCUT2D eigenvalue weighted by Gasteiger charge is -2.09. The molecule has 131 heavy (non-hydrogen) atoms. The lowest BCUT2D eigenvalue weighted by Crippen LogP contribution is -2.08. The Morgan fingerprint density at radius 1 is 0.366 bits per heavy atom. The Kier molecular flexibility index (Phi) is 27.7. The van der Waals surface area contributed by atoms with Gasteiger partial charge in [-0.2, -0.15) is 36.8 Å². The number of ether oxygens (including phenoxy) is 5. The third kappa shape index (κ3) is 20.8. The van der Waals surface area contributed by atoms with E-state index in [1.165, 1.54) is 47.7 Å². The van der Waals surface area contributed by atoms with Crippen molar-refractivity contribution in [3.05, 3.63) is 381 Å². The van der Waals surface area contributed by atoms with Crippen LogP contribution in [0.5, 0.6) is 0 Å². The van der Waals surface area contributed by atoms with Crippen LogP contribution in [0.2, 0.25) is 25.1 Å². The molecule has 18 aromatic heterocycles. The molecule has 0 bridgehead atoms. The largest absolute Gasteiger partial charge is 0.464 e. The van der Waals surface area contributed by atoms with Crippen molar-refractivity contribution >= 4 is 138 Å². The molecule has 0 unspecified atom stereocenters. The second-order valence-electron chi connectivity index (χ2n) is 30.0. The fourth-order valence-corrected chi connectivity index (χ4v) is 16.9. The van der Waals surface area contributed by atoms with E-state index in [0.29, 0.717) is 97.1 Å². The summed E-state index contributed by atoms with van der Waals surface area (Å²) in [5.74, 6) is -1.94. The van der Waals surface area contributed by atoms with Gasteiger partial charge in [0.2, 0.25) is 0 Å². The van der Waals surface area contributed by atoms with Crippen molar-refractivity contribution in [1.29, 1.82) is 0 Å². The highest BCUT2D eigenvalue weighted by atomic mass is 35.5. The third-order valence-electron chi connectivity index (χ3n) is 21.3. The van der Waals surface area contributed by atoms with E-state index in [9.17, 15) is 28.4 Å². The van der Waals surface area contributed by atoms with Crippen LogP contribution >= 0.6 is 80.7 Å². The van der Waals surface area contributed by atoms with Gasteiger partial charge < -0.3 is 28.1 Å². The second-order valence-corrected chi connectivity index (χ2v) is 33.9. The monoisotopic (exact) mass is 1880 g/mol. The molecule has 0 spiro atoms. The Morgan fingerprint density at radius 3 is 1.04 bits per heavy atom. The number of nitrogens with zero attached hydrogens (tertiary/aromatic N) is 15. The normalized spacial score (nSPS) is 11.8. The fraction of sp³-hybridized carbons (Fsp3) is 0.144. The van der Waals surface area contributed by atoms with Crippen molar-refractivity contribution in [2.45, 2.75) is 57.3 Å². The number of aromatic nitrogens is 15. The summed E-state index contributed by atoms with van der Waals surface area (Å²) in [5.41, 5.74) is 21.2. The molecule has 19 aromatic rings. The van der Waals surface area contributed by atoms with E-state index in [0.717, 1.165) is 124 Å². The first kappa shape index (κ1) is 90.2. The molecule has 1 aliphatic rings. The third-order valence-corrected chi connectivity index (χ3v) is 23.9. The predicted molar refractivity (Wildman–Crippen MR) is 499 cm³/mol. The number of rotatable bonds is 20. The van der Waals surface area contributed by atoms with E-state index < -0.39 is 29.8 Å². The number of hydrogen-bond donors (Lipinski definition) is 0. The molecule has 0 atom stereocenters. The van der Waals surface area contributed by atoms with Crippen LogP contribution in [-0.4, -0.2) is 138 Å². The molecule has 0 radical (unpaired) electrons. The predicted octanol–water partition coefficient (Wildman–Crippen LogP) is 21.4. The van der Waals surface area contributed by atoms with Crippen LogP contribution < -0.4 is 0 Å². The zero-order valence-corrected chi connectivity index (χ0v) is 76.0. The van der Waals surface area contributed by atoms with Gasteiger partial charge in [0.15, 0.2) is 5.76 Å². The van der Waals surface area contributed by atoms with Gasteiger partial charge in [-0.05, 0) is 193 Å². The van der Waals surface area contributed by atoms with E-state index in [1.807, 2.05) is 149 Å². The van der Waals surface area contributed by atoms with Crippen LogP contribution in [0, 0.1) is 5.82 Å². The maximum Gasteiger partial charge on any atom is 0.356 e. The van der Waals surface area contributed by atoms with Crippen molar-refractivity contribution < 1.29 is 56.5 Å². The second kappa shape index (κ2) is 40.2. The SMILES string of the molecule is COC(=O)c1cccc(Cc2c(-c3ccc(F)cc3)nn3cc(Cl)ccc23)n1.COC(=O)c1cccc(Cc2c(-c3ccco3)nn3cc(Cl)ccc23)n1.COC(=O)c1cccc(Cc2c(-c3cccs3)nn3cc(Cl)ccc23)n1.COC(=O)c1cccc(Cc2c(-c3ccsc3)nn3cc(Cl)ccc23)n1.COC(=O)c1cccc(Cc2c(C3(C)CC3)nn3cc(Cl)ccc23)n1. The Balaban J connectivity index is 0.000000120. The number of halogens is 6. The number of pyridine rings is 10. The van der Waals surface area contributed by atoms with Gasteiger partial charge in [0.25, 0.3) is 0 Å². The molecule has 0 N–H and O–H groups in total. The molecular formula is C97H75Cl5FN15O11S2. The molecule has 0 amide bonds. The number of methoxy groups -OCH3 is 5. The van der Waals surface area contributed by atoms with Gasteiger partial charge in [0.05, 0.1) is 116 Å². The zero-order chi connectivity index (χ0) is 91.6.